The molecule has 0 aliphatic heterocycles. The van der Waals surface area contributed by atoms with Crippen molar-refractivity contribution in [1.82, 2.24) is 0 Å². The topological polar surface area (TPSA) is 61.8 Å². The molecule has 1 aromatic carbocycles. The number of hydrogen-bond donors (Lipinski definition) is 2. The third-order valence-corrected chi connectivity index (χ3v) is 1.52. The fourth-order valence-corrected chi connectivity index (χ4v) is 0.847. The molecule has 0 heterocycles. The lowest BCUT2D eigenvalue weighted by Gasteiger charge is -2.03. The molecular formula is C8H9N3. The summed E-state index contributed by atoms with van der Waals surface area (Å²) < 4.78 is 0. The third kappa shape index (κ3) is 1.48. The van der Waals surface area contributed by atoms with Crippen LogP contribution in [0.2, 0.25) is 0 Å². The highest BCUT2D eigenvalue weighted by atomic mass is 15.2. The van der Waals surface area contributed by atoms with E-state index in [4.69, 9.17) is 11.1 Å². The molecule has 0 unspecified atom stereocenters. The Labute approximate surface area is 65.4 Å². The van der Waals surface area contributed by atoms with Crippen LogP contribution in [-0.2, 0) is 0 Å². The first kappa shape index (κ1) is 7.58. The summed E-state index contributed by atoms with van der Waals surface area (Å²) in [5.41, 5.74) is 4.96. The van der Waals surface area contributed by atoms with Gasteiger partial charge in [0.25, 0.3) is 0 Å². The van der Waals surface area contributed by atoms with Crippen LogP contribution in [-0.4, -0.2) is 0 Å². The fourth-order valence-electron chi connectivity index (χ4n) is 0.847. The number of hydrazine groups is 1. The quantitative estimate of drug-likeness (QED) is 0.462. The maximum absolute atomic E-state index is 8.53. The molecular weight excluding hydrogens is 138 g/mol. The zero-order valence-electron chi connectivity index (χ0n) is 6.26. The predicted molar refractivity (Wildman–Crippen MR) is 43.7 cm³/mol. The highest BCUT2D eigenvalue weighted by Crippen LogP contribution is 2.14. The summed E-state index contributed by atoms with van der Waals surface area (Å²) in [5.74, 6) is 5.21. The van der Waals surface area contributed by atoms with E-state index >= 15 is 0 Å². The number of benzene rings is 1. The Morgan fingerprint density at radius 2 is 2.27 bits per heavy atom. The molecule has 0 aromatic heterocycles. The largest absolute Gasteiger partial charge is 0.324 e. The monoisotopic (exact) mass is 147 g/mol. The third-order valence-electron chi connectivity index (χ3n) is 1.52. The second-order valence-electron chi connectivity index (χ2n) is 2.29. The molecule has 0 saturated heterocycles. The van der Waals surface area contributed by atoms with Crippen molar-refractivity contribution in [3.63, 3.8) is 0 Å². The number of anilines is 1. The molecule has 0 radical (unpaired) electrons. The minimum atomic E-state index is 0.614. The van der Waals surface area contributed by atoms with Crippen LogP contribution in [0, 0.1) is 18.3 Å². The Bertz CT molecular complexity index is 299. The first-order valence-corrected chi connectivity index (χ1v) is 3.25. The fraction of sp³-hybridized carbons (Fsp3) is 0.125. The van der Waals surface area contributed by atoms with Gasteiger partial charge in [0.05, 0.1) is 17.3 Å². The maximum atomic E-state index is 8.53. The van der Waals surface area contributed by atoms with Gasteiger partial charge in [-0.3, -0.25) is 5.84 Å². The van der Waals surface area contributed by atoms with Crippen molar-refractivity contribution in [3.05, 3.63) is 29.3 Å². The van der Waals surface area contributed by atoms with E-state index in [-0.39, 0.29) is 0 Å². The van der Waals surface area contributed by atoms with Crippen LogP contribution in [0.1, 0.15) is 11.1 Å². The van der Waals surface area contributed by atoms with Crippen molar-refractivity contribution in [2.45, 2.75) is 6.92 Å². The zero-order valence-corrected chi connectivity index (χ0v) is 6.26. The SMILES string of the molecule is Cc1ccc(C#N)cc1NN. The summed E-state index contributed by atoms with van der Waals surface area (Å²) >= 11 is 0. The van der Waals surface area contributed by atoms with Gasteiger partial charge in [0, 0.05) is 0 Å². The molecule has 0 saturated carbocycles. The number of hydrogen-bond acceptors (Lipinski definition) is 3. The van der Waals surface area contributed by atoms with Crippen LogP contribution >= 0.6 is 0 Å². The molecule has 1 rings (SSSR count). The molecule has 0 fully saturated rings. The van der Waals surface area contributed by atoms with E-state index < -0.39 is 0 Å². The molecule has 3 heteroatoms. The first-order chi connectivity index (χ1) is 5.27. The van der Waals surface area contributed by atoms with E-state index in [1.165, 1.54) is 0 Å². The summed E-state index contributed by atoms with van der Waals surface area (Å²) in [6, 6.07) is 7.37. The summed E-state index contributed by atoms with van der Waals surface area (Å²) in [7, 11) is 0. The number of nitriles is 1. The molecule has 3 N–H and O–H groups in total. The Hall–Kier alpha value is -1.53. The number of rotatable bonds is 1. The Kier molecular flexibility index (Phi) is 2.09. The van der Waals surface area contributed by atoms with Crippen LogP contribution in [0.15, 0.2) is 18.2 Å². The highest BCUT2D eigenvalue weighted by molar-refractivity contribution is 5.54. The van der Waals surface area contributed by atoms with Crippen molar-refractivity contribution in [2.24, 2.45) is 5.84 Å². The molecule has 56 valence electrons. The summed E-state index contributed by atoms with van der Waals surface area (Å²) in [6.45, 7) is 1.93. The van der Waals surface area contributed by atoms with Gasteiger partial charge in [-0.2, -0.15) is 5.26 Å². The average Bonchev–Trinajstić information content (AvgIpc) is 2.05. The molecule has 11 heavy (non-hydrogen) atoms. The van der Waals surface area contributed by atoms with E-state index in [1.807, 2.05) is 19.1 Å². The first-order valence-electron chi connectivity index (χ1n) is 3.25. The van der Waals surface area contributed by atoms with Crippen LogP contribution in [0.5, 0.6) is 0 Å². The van der Waals surface area contributed by atoms with Crippen LogP contribution in [0.25, 0.3) is 0 Å². The lowest BCUT2D eigenvalue weighted by atomic mass is 10.1. The predicted octanol–water partition coefficient (Wildman–Crippen LogP) is 1.15. The van der Waals surface area contributed by atoms with E-state index in [9.17, 15) is 0 Å². The zero-order chi connectivity index (χ0) is 8.27. The average molecular weight is 147 g/mol. The smallest absolute Gasteiger partial charge is 0.0992 e. The van der Waals surface area contributed by atoms with E-state index in [0.717, 1.165) is 11.3 Å². The number of nitrogens with one attached hydrogen (secondary N) is 1. The lowest BCUT2D eigenvalue weighted by Crippen LogP contribution is -2.08. The highest BCUT2D eigenvalue weighted by Gasteiger charge is 1.96. The number of aryl methyl sites for hydroxylation is 1. The van der Waals surface area contributed by atoms with Gasteiger partial charge in [-0.15, -0.1) is 0 Å². The molecule has 3 nitrogen and oxygen atoms in total. The Morgan fingerprint density at radius 1 is 1.55 bits per heavy atom. The minimum absolute atomic E-state index is 0.614. The van der Waals surface area contributed by atoms with Gasteiger partial charge in [0.1, 0.15) is 0 Å². The lowest BCUT2D eigenvalue weighted by molar-refractivity contribution is 1.30. The van der Waals surface area contributed by atoms with Gasteiger partial charge < -0.3 is 5.43 Å². The van der Waals surface area contributed by atoms with E-state index in [0.29, 0.717) is 5.56 Å². The van der Waals surface area contributed by atoms with Crippen molar-refractivity contribution in [2.75, 3.05) is 5.43 Å². The standard InChI is InChI=1S/C8H9N3/c1-6-2-3-7(5-9)4-8(6)11-10/h2-4,11H,10H2,1H3. The summed E-state index contributed by atoms with van der Waals surface area (Å²) in [4.78, 5) is 0. The molecule has 0 atom stereocenters. The van der Waals surface area contributed by atoms with Crippen molar-refractivity contribution < 1.29 is 0 Å². The van der Waals surface area contributed by atoms with Crippen LogP contribution in [0.4, 0.5) is 5.69 Å². The molecule has 0 aliphatic carbocycles. The Morgan fingerprint density at radius 3 is 2.82 bits per heavy atom. The van der Waals surface area contributed by atoms with Gasteiger partial charge in [-0.05, 0) is 24.6 Å². The maximum Gasteiger partial charge on any atom is 0.0992 e. The normalized spacial score (nSPS) is 8.82. The summed E-state index contributed by atoms with van der Waals surface area (Å²) in [5, 5.41) is 8.53. The van der Waals surface area contributed by atoms with Crippen molar-refractivity contribution in [1.29, 1.82) is 5.26 Å². The number of nitrogens with two attached hydrogens (primary N) is 1. The molecule has 1 aromatic rings. The molecule has 0 aliphatic rings. The molecule has 0 bridgehead atoms. The minimum Gasteiger partial charge on any atom is -0.324 e. The van der Waals surface area contributed by atoms with Gasteiger partial charge in [0.2, 0.25) is 0 Å². The molecule has 0 amide bonds. The van der Waals surface area contributed by atoms with Crippen molar-refractivity contribution >= 4 is 5.69 Å². The second kappa shape index (κ2) is 3.04. The van der Waals surface area contributed by atoms with Gasteiger partial charge in [-0.1, -0.05) is 6.07 Å². The number of nitrogen functional groups attached to an aromatic ring is 1. The number of nitrogens with zero attached hydrogens (tertiary/aromatic N) is 1. The molecule has 0 spiro atoms. The van der Waals surface area contributed by atoms with Gasteiger partial charge in [0.15, 0.2) is 0 Å². The van der Waals surface area contributed by atoms with Crippen molar-refractivity contribution in [3.8, 4) is 6.07 Å². The second-order valence-corrected chi connectivity index (χ2v) is 2.29. The Balaban J connectivity index is 3.15. The summed E-state index contributed by atoms with van der Waals surface area (Å²) in [6.07, 6.45) is 0. The van der Waals surface area contributed by atoms with Gasteiger partial charge >= 0.3 is 0 Å². The van der Waals surface area contributed by atoms with E-state index in [2.05, 4.69) is 5.43 Å². The van der Waals surface area contributed by atoms with E-state index in [1.54, 1.807) is 12.1 Å². The van der Waals surface area contributed by atoms with Crippen LogP contribution in [0.3, 0.4) is 0 Å². The van der Waals surface area contributed by atoms with Gasteiger partial charge in [-0.25, -0.2) is 0 Å². The van der Waals surface area contributed by atoms with Crippen LogP contribution < -0.4 is 11.3 Å².